The van der Waals surface area contributed by atoms with E-state index in [0.29, 0.717) is 31.8 Å². The fourth-order valence-corrected chi connectivity index (χ4v) is 2.63. The van der Waals surface area contributed by atoms with E-state index in [-0.39, 0.29) is 5.95 Å². The number of rotatable bonds is 1. The van der Waals surface area contributed by atoms with Crippen LogP contribution in [0.25, 0.3) is 16.7 Å². The Labute approximate surface area is 128 Å². The smallest absolute Gasteiger partial charge is 0.205 e. The first-order valence-corrected chi connectivity index (χ1v) is 6.69. The summed E-state index contributed by atoms with van der Waals surface area (Å²) in [4.78, 5) is 4.16. The maximum atomic E-state index is 13.4. The zero-order valence-corrected chi connectivity index (χ0v) is 12.1. The maximum Gasteiger partial charge on any atom is 0.205 e. The summed E-state index contributed by atoms with van der Waals surface area (Å²) in [6, 6.07) is 7.26. The molecule has 3 nitrogen and oxygen atoms in total. The van der Waals surface area contributed by atoms with E-state index < -0.39 is 5.82 Å². The van der Waals surface area contributed by atoms with Crippen molar-refractivity contribution >= 4 is 51.8 Å². The number of nitrogen functional groups attached to an aromatic ring is 1. The maximum absolute atomic E-state index is 13.4. The molecule has 3 aromatic rings. The number of halogens is 4. The van der Waals surface area contributed by atoms with Crippen LogP contribution in [0.15, 0.2) is 30.3 Å². The van der Waals surface area contributed by atoms with Crippen LogP contribution in [0, 0.1) is 5.82 Å². The van der Waals surface area contributed by atoms with Gasteiger partial charge >= 0.3 is 0 Å². The van der Waals surface area contributed by atoms with E-state index in [4.69, 9.17) is 40.5 Å². The minimum absolute atomic E-state index is 0.186. The van der Waals surface area contributed by atoms with Crippen LogP contribution in [-0.2, 0) is 0 Å². The van der Waals surface area contributed by atoms with Crippen molar-refractivity contribution < 1.29 is 4.39 Å². The molecule has 0 saturated carbocycles. The quantitative estimate of drug-likeness (QED) is 0.657. The number of anilines is 1. The molecule has 0 bridgehead atoms. The van der Waals surface area contributed by atoms with Crippen LogP contribution in [0.4, 0.5) is 10.3 Å². The number of nitrogens with zero attached hydrogens (tertiary/aromatic N) is 2. The van der Waals surface area contributed by atoms with Crippen molar-refractivity contribution in [2.24, 2.45) is 0 Å². The van der Waals surface area contributed by atoms with Gasteiger partial charge in [-0.25, -0.2) is 9.37 Å². The molecule has 1 aromatic heterocycles. The van der Waals surface area contributed by atoms with Crippen LogP contribution in [0.3, 0.4) is 0 Å². The molecule has 0 saturated heterocycles. The van der Waals surface area contributed by atoms with Gasteiger partial charge in [0.15, 0.2) is 0 Å². The molecule has 20 heavy (non-hydrogen) atoms. The van der Waals surface area contributed by atoms with Crippen molar-refractivity contribution in [3.05, 3.63) is 51.2 Å². The monoisotopic (exact) mass is 329 g/mol. The molecular weight excluding hydrogens is 324 g/mol. The van der Waals surface area contributed by atoms with Crippen molar-refractivity contribution in [3.63, 3.8) is 0 Å². The van der Waals surface area contributed by atoms with Crippen LogP contribution in [0.2, 0.25) is 15.1 Å². The SMILES string of the molecule is Nc1nc2ccc(F)cc2n1-c1cc(Cl)c(Cl)cc1Cl. The van der Waals surface area contributed by atoms with Gasteiger partial charge in [0, 0.05) is 6.07 Å². The third kappa shape index (κ3) is 2.10. The molecule has 1 heterocycles. The molecule has 0 unspecified atom stereocenters. The first-order valence-electron chi connectivity index (χ1n) is 5.56. The molecule has 2 N–H and O–H groups in total. The molecule has 102 valence electrons. The Hall–Kier alpha value is -1.49. The predicted octanol–water partition coefficient (Wildman–Crippen LogP) is 4.71. The fourth-order valence-electron chi connectivity index (χ4n) is 2.00. The normalized spacial score (nSPS) is 11.2. The lowest BCUT2D eigenvalue weighted by atomic mass is 10.2. The first kappa shape index (κ1) is 13.5. The Kier molecular flexibility index (Phi) is 3.24. The molecule has 7 heteroatoms. The van der Waals surface area contributed by atoms with Gasteiger partial charge in [0.05, 0.1) is 31.8 Å². The second-order valence-electron chi connectivity index (χ2n) is 4.16. The van der Waals surface area contributed by atoms with Gasteiger partial charge in [0.25, 0.3) is 0 Å². The molecule has 3 rings (SSSR count). The minimum atomic E-state index is -0.394. The summed E-state index contributed by atoms with van der Waals surface area (Å²) in [5.74, 6) is -0.208. The van der Waals surface area contributed by atoms with Crippen molar-refractivity contribution in [3.8, 4) is 5.69 Å². The van der Waals surface area contributed by atoms with Crippen molar-refractivity contribution in [1.29, 1.82) is 0 Å². The van der Waals surface area contributed by atoms with Gasteiger partial charge in [0.2, 0.25) is 5.95 Å². The molecule has 0 aliphatic rings. The second kappa shape index (κ2) is 4.81. The molecule has 0 radical (unpaired) electrons. The van der Waals surface area contributed by atoms with Gasteiger partial charge in [-0.05, 0) is 24.3 Å². The summed E-state index contributed by atoms with van der Waals surface area (Å²) < 4.78 is 15.0. The highest BCUT2D eigenvalue weighted by Gasteiger charge is 2.15. The van der Waals surface area contributed by atoms with Gasteiger partial charge in [-0.1, -0.05) is 34.8 Å². The van der Waals surface area contributed by atoms with Crippen LogP contribution in [0.1, 0.15) is 0 Å². The average Bonchev–Trinajstić information content (AvgIpc) is 2.69. The van der Waals surface area contributed by atoms with E-state index >= 15 is 0 Å². The van der Waals surface area contributed by atoms with E-state index in [9.17, 15) is 4.39 Å². The summed E-state index contributed by atoms with van der Waals surface area (Å²) in [5.41, 5.74) is 7.44. The van der Waals surface area contributed by atoms with E-state index in [1.54, 1.807) is 12.1 Å². The summed E-state index contributed by atoms with van der Waals surface area (Å²) in [7, 11) is 0. The number of aromatic nitrogens is 2. The van der Waals surface area contributed by atoms with Gasteiger partial charge in [-0.15, -0.1) is 0 Å². The van der Waals surface area contributed by atoms with Crippen molar-refractivity contribution in [2.75, 3.05) is 5.73 Å². The van der Waals surface area contributed by atoms with Crippen molar-refractivity contribution in [1.82, 2.24) is 9.55 Å². The predicted molar refractivity (Wildman–Crippen MR) is 80.5 cm³/mol. The zero-order valence-electron chi connectivity index (χ0n) is 9.87. The summed E-state index contributed by atoms with van der Waals surface area (Å²) in [6.45, 7) is 0. The summed E-state index contributed by atoms with van der Waals surface area (Å²) >= 11 is 18.1. The topological polar surface area (TPSA) is 43.8 Å². The molecule has 0 aliphatic heterocycles. The number of fused-ring (bicyclic) bond motifs is 1. The lowest BCUT2D eigenvalue weighted by Crippen LogP contribution is -2.01. The highest BCUT2D eigenvalue weighted by atomic mass is 35.5. The molecular formula is C13H7Cl3FN3. The Morgan fingerprint density at radius 3 is 2.45 bits per heavy atom. The van der Waals surface area contributed by atoms with Crippen LogP contribution in [0.5, 0.6) is 0 Å². The van der Waals surface area contributed by atoms with Gasteiger partial charge in [-0.2, -0.15) is 0 Å². The van der Waals surface area contributed by atoms with E-state index in [0.717, 1.165) is 0 Å². The van der Waals surface area contributed by atoms with E-state index in [2.05, 4.69) is 4.98 Å². The number of nitrogens with two attached hydrogens (primary N) is 1. The van der Waals surface area contributed by atoms with Gasteiger partial charge in [-0.3, -0.25) is 4.57 Å². The van der Waals surface area contributed by atoms with Crippen LogP contribution >= 0.6 is 34.8 Å². The van der Waals surface area contributed by atoms with Crippen LogP contribution < -0.4 is 5.73 Å². The lowest BCUT2D eigenvalue weighted by molar-refractivity contribution is 0.629. The Morgan fingerprint density at radius 2 is 1.70 bits per heavy atom. The molecule has 0 fully saturated rings. The summed E-state index contributed by atoms with van der Waals surface area (Å²) in [5, 5.41) is 0.993. The van der Waals surface area contributed by atoms with E-state index in [1.807, 2.05) is 0 Å². The Morgan fingerprint density at radius 1 is 1.00 bits per heavy atom. The molecule has 0 aliphatic carbocycles. The fraction of sp³-hybridized carbons (Fsp3) is 0. The standard InChI is InChI=1S/C13H7Cl3FN3/c14-7-4-9(16)11(5-8(7)15)20-12-3-6(17)1-2-10(12)19-13(20)18/h1-5H,(H2,18,19). The second-order valence-corrected chi connectivity index (χ2v) is 5.38. The highest BCUT2D eigenvalue weighted by Crippen LogP contribution is 2.34. The number of hydrogen-bond donors (Lipinski definition) is 1. The number of benzene rings is 2. The first-order chi connectivity index (χ1) is 9.47. The lowest BCUT2D eigenvalue weighted by Gasteiger charge is -2.10. The van der Waals surface area contributed by atoms with Gasteiger partial charge < -0.3 is 5.73 Å². The minimum Gasteiger partial charge on any atom is -0.369 e. The largest absolute Gasteiger partial charge is 0.369 e. The Bertz CT molecular complexity index is 829. The van der Waals surface area contributed by atoms with Crippen LogP contribution in [-0.4, -0.2) is 9.55 Å². The number of imidazole rings is 1. The molecule has 0 amide bonds. The third-order valence-electron chi connectivity index (χ3n) is 2.87. The molecule has 0 spiro atoms. The van der Waals surface area contributed by atoms with E-state index in [1.165, 1.54) is 22.8 Å². The highest BCUT2D eigenvalue weighted by molar-refractivity contribution is 6.43. The molecule has 2 aromatic carbocycles. The average molecular weight is 331 g/mol. The van der Waals surface area contributed by atoms with Crippen molar-refractivity contribution in [2.45, 2.75) is 0 Å². The third-order valence-corrected chi connectivity index (χ3v) is 3.90. The Balaban J connectivity index is 2.37. The zero-order chi connectivity index (χ0) is 14.4. The summed E-state index contributed by atoms with van der Waals surface area (Å²) in [6.07, 6.45) is 0. The molecule has 0 atom stereocenters. The van der Waals surface area contributed by atoms with Gasteiger partial charge in [0.1, 0.15) is 5.82 Å². The number of hydrogen-bond acceptors (Lipinski definition) is 2.